The number of methoxy groups -OCH3 is 1. The number of halogens is 1. The summed E-state index contributed by atoms with van der Waals surface area (Å²) in [6.07, 6.45) is 0. The first-order valence-corrected chi connectivity index (χ1v) is 6.22. The Morgan fingerprint density at radius 3 is 2.82 bits per heavy atom. The summed E-state index contributed by atoms with van der Waals surface area (Å²) in [6, 6.07) is 5.62. The molecule has 2 rings (SSSR count). The standard InChI is InChI=1S/C11H12ClN3OS/c1-13-10-5-7(6-16-2)14-11(15-10)8-3-4-9(12)17-8/h3-5H,6H2,1-2H3,(H,13,14,15). The van der Waals surface area contributed by atoms with Crippen molar-refractivity contribution in [3.05, 3.63) is 28.2 Å². The van der Waals surface area contributed by atoms with E-state index in [9.17, 15) is 0 Å². The summed E-state index contributed by atoms with van der Waals surface area (Å²) >= 11 is 7.37. The fourth-order valence-electron chi connectivity index (χ4n) is 1.39. The van der Waals surface area contributed by atoms with Gasteiger partial charge in [0.15, 0.2) is 5.82 Å². The van der Waals surface area contributed by atoms with Gasteiger partial charge in [0.1, 0.15) is 5.82 Å². The van der Waals surface area contributed by atoms with Crippen LogP contribution >= 0.6 is 22.9 Å². The zero-order chi connectivity index (χ0) is 12.3. The van der Waals surface area contributed by atoms with Crippen molar-refractivity contribution < 1.29 is 4.74 Å². The van der Waals surface area contributed by atoms with Crippen LogP contribution in [0.5, 0.6) is 0 Å². The van der Waals surface area contributed by atoms with Gasteiger partial charge in [0, 0.05) is 20.2 Å². The van der Waals surface area contributed by atoms with Crippen LogP contribution in [0.4, 0.5) is 5.82 Å². The van der Waals surface area contributed by atoms with Gasteiger partial charge in [-0.05, 0) is 12.1 Å². The van der Waals surface area contributed by atoms with Crippen LogP contribution in [0.1, 0.15) is 5.69 Å². The van der Waals surface area contributed by atoms with Gasteiger partial charge in [0.25, 0.3) is 0 Å². The molecule has 6 heteroatoms. The molecule has 2 aromatic rings. The summed E-state index contributed by atoms with van der Waals surface area (Å²) in [4.78, 5) is 9.77. The van der Waals surface area contributed by atoms with E-state index in [1.54, 1.807) is 7.11 Å². The number of rotatable bonds is 4. The van der Waals surface area contributed by atoms with Crippen molar-refractivity contribution in [3.8, 4) is 10.7 Å². The Labute approximate surface area is 109 Å². The van der Waals surface area contributed by atoms with Crippen molar-refractivity contribution in [1.82, 2.24) is 9.97 Å². The Kier molecular flexibility index (Phi) is 3.93. The van der Waals surface area contributed by atoms with Gasteiger partial charge in [-0.25, -0.2) is 9.97 Å². The van der Waals surface area contributed by atoms with Crippen LogP contribution in [-0.2, 0) is 11.3 Å². The molecule has 2 heterocycles. The van der Waals surface area contributed by atoms with E-state index in [0.717, 1.165) is 20.7 Å². The number of anilines is 1. The van der Waals surface area contributed by atoms with Crippen molar-refractivity contribution in [2.45, 2.75) is 6.61 Å². The molecule has 0 saturated heterocycles. The van der Waals surface area contributed by atoms with Crippen LogP contribution in [0.15, 0.2) is 18.2 Å². The summed E-state index contributed by atoms with van der Waals surface area (Å²) in [5, 5.41) is 3.01. The minimum atomic E-state index is 0.462. The monoisotopic (exact) mass is 269 g/mol. The third kappa shape index (κ3) is 2.94. The number of hydrogen-bond acceptors (Lipinski definition) is 5. The molecule has 17 heavy (non-hydrogen) atoms. The third-order valence-electron chi connectivity index (χ3n) is 2.12. The van der Waals surface area contributed by atoms with Gasteiger partial charge in [-0.3, -0.25) is 0 Å². The average Bonchev–Trinajstić information content (AvgIpc) is 2.76. The summed E-state index contributed by atoms with van der Waals surface area (Å²) in [5.41, 5.74) is 0.839. The molecular weight excluding hydrogens is 258 g/mol. The molecule has 0 radical (unpaired) electrons. The molecule has 0 aliphatic heterocycles. The van der Waals surface area contributed by atoms with Crippen LogP contribution in [-0.4, -0.2) is 24.1 Å². The lowest BCUT2D eigenvalue weighted by molar-refractivity contribution is 0.181. The molecule has 0 aromatic carbocycles. The van der Waals surface area contributed by atoms with Gasteiger partial charge in [-0.15, -0.1) is 11.3 Å². The fourth-order valence-corrected chi connectivity index (χ4v) is 2.37. The van der Waals surface area contributed by atoms with Gasteiger partial charge in [-0.1, -0.05) is 11.6 Å². The second kappa shape index (κ2) is 5.44. The highest BCUT2D eigenvalue weighted by atomic mass is 35.5. The molecule has 2 aromatic heterocycles. The van der Waals surface area contributed by atoms with E-state index < -0.39 is 0 Å². The second-order valence-electron chi connectivity index (χ2n) is 3.35. The van der Waals surface area contributed by atoms with E-state index in [1.807, 2.05) is 25.2 Å². The first kappa shape index (κ1) is 12.3. The van der Waals surface area contributed by atoms with E-state index in [1.165, 1.54) is 11.3 Å². The van der Waals surface area contributed by atoms with Gasteiger partial charge < -0.3 is 10.1 Å². The molecule has 1 N–H and O–H groups in total. The highest BCUT2D eigenvalue weighted by Gasteiger charge is 2.08. The normalized spacial score (nSPS) is 10.5. The van der Waals surface area contributed by atoms with Crippen LogP contribution in [0.2, 0.25) is 4.34 Å². The van der Waals surface area contributed by atoms with Gasteiger partial charge in [0.05, 0.1) is 21.5 Å². The Balaban J connectivity index is 2.42. The maximum Gasteiger partial charge on any atom is 0.171 e. The van der Waals surface area contributed by atoms with Crippen LogP contribution < -0.4 is 5.32 Å². The van der Waals surface area contributed by atoms with Crippen molar-refractivity contribution in [2.75, 3.05) is 19.5 Å². The molecule has 0 bridgehead atoms. The van der Waals surface area contributed by atoms with Crippen molar-refractivity contribution in [2.24, 2.45) is 0 Å². The lowest BCUT2D eigenvalue weighted by Gasteiger charge is -2.05. The summed E-state index contributed by atoms with van der Waals surface area (Å²) < 4.78 is 5.81. The minimum absolute atomic E-state index is 0.462. The van der Waals surface area contributed by atoms with Crippen LogP contribution in [0, 0.1) is 0 Å². The molecule has 0 unspecified atom stereocenters. The first-order valence-electron chi connectivity index (χ1n) is 5.03. The number of aromatic nitrogens is 2. The average molecular weight is 270 g/mol. The van der Waals surface area contributed by atoms with Crippen LogP contribution in [0.25, 0.3) is 10.7 Å². The fraction of sp³-hybridized carbons (Fsp3) is 0.273. The van der Waals surface area contributed by atoms with E-state index in [0.29, 0.717) is 12.4 Å². The molecule has 90 valence electrons. The highest BCUT2D eigenvalue weighted by molar-refractivity contribution is 7.19. The topological polar surface area (TPSA) is 47.0 Å². The van der Waals surface area contributed by atoms with Crippen LogP contribution in [0.3, 0.4) is 0 Å². The zero-order valence-corrected chi connectivity index (χ0v) is 11.1. The molecule has 4 nitrogen and oxygen atoms in total. The Morgan fingerprint density at radius 1 is 1.41 bits per heavy atom. The maximum absolute atomic E-state index is 5.91. The highest BCUT2D eigenvalue weighted by Crippen LogP contribution is 2.29. The Bertz CT molecular complexity index is 515. The van der Waals surface area contributed by atoms with Crippen molar-refractivity contribution in [1.29, 1.82) is 0 Å². The predicted molar refractivity (Wildman–Crippen MR) is 70.6 cm³/mol. The molecular formula is C11H12ClN3OS. The summed E-state index contributed by atoms with van der Waals surface area (Å²) in [7, 11) is 3.47. The molecule has 0 spiro atoms. The number of thiophene rings is 1. The van der Waals surface area contributed by atoms with E-state index in [2.05, 4.69) is 15.3 Å². The minimum Gasteiger partial charge on any atom is -0.378 e. The predicted octanol–water partition coefficient (Wildman–Crippen LogP) is 3.05. The molecule has 0 amide bonds. The van der Waals surface area contributed by atoms with E-state index >= 15 is 0 Å². The van der Waals surface area contributed by atoms with Crippen molar-refractivity contribution in [3.63, 3.8) is 0 Å². The maximum atomic E-state index is 5.91. The first-order chi connectivity index (χ1) is 8.22. The molecule has 0 atom stereocenters. The lowest BCUT2D eigenvalue weighted by Crippen LogP contribution is -2.01. The summed E-state index contributed by atoms with van der Waals surface area (Å²) in [5.74, 6) is 1.44. The van der Waals surface area contributed by atoms with Gasteiger partial charge in [0.2, 0.25) is 0 Å². The number of nitrogens with one attached hydrogen (secondary N) is 1. The Morgan fingerprint density at radius 2 is 2.24 bits per heavy atom. The number of hydrogen-bond donors (Lipinski definition) is 1. The number of nitrogens with zero attached hydrogens (tertiary/aromatic N) is 2. The molecule has 0 aliphatic carbocycles. The van der Waals surface area contributed by atoms with Gasteiger partial charge >= 0.3 is 0 Å². The van der Waals surface area contributed by atoms with Gasteiger partial charge in [-0.2, -0.15) is 0 Å². The molecule has 0 fully saturated rings. The largest absolute Gasteiger partial charge is 0.378 e. The third-order valence-corrected chi connectivity index (χ3v) is 3.35. The lowest BCUT2D eigenvalue weighted by atomic mass is 10.3. The zero-order valence-electron chi connectivity index (χ0n) is 9.53. The SMILES string of the molecule is CNc1cc(COC)nc(-c2ccc(Cl)s2)n1. The number of ether oxygens (including phenoxy) is 1. The molecule has 0 aliphatic rings. The quantitative estimate of drug-likeness (QED) is 0.927. The Hall–Kier alpha value is -1.17. The summed E-state index contributed by atoms with van der Waals surface area (Å²) in [6.45, 7) is 0.462. The smallest absolute Gasteiger partial charge is 0.171 e. The molecule has 0 saturated carbocycles. The van der Waals surface area contributed by atoms with E-state index in [4.69, 9.17) is 16.3 Å². The van der Waals surface area contributed by atoms with Crippen molar-refractivity contribution >= 4 is 28.8 Å². The van der Waals surface area contributed by atoms with E-state index in [-0.39, 0.29) is 0 Å². The second-order valence-corrected chi connectivity index (χ2v) is 5.07.